The lowest BCUT2D eigenvalue weighted by atomic mass is 10.1. The zero-order chi connectivity index (χ0) is 11.0. The van der Waals surface area contributed by atoms with Crippen LogP contribution in [0.2, 0.25) is 0 Å². The fourth-order valence-corrected chi connectivity index (χ4v) is 1.10. The van der Waals surface area contributed by atoms with Crippen LogP contribution in [0, 0.1) is 5.92 Å². The second kappa shape index (κ2) is 8.01. The van der Waals surface area contributed by atoms with Crippen LogP contribution in [0.25, 0.3) is 0 Å². The third-order valence-corrected chi connectivity index (χ3v) is 2.45. The van der Waals surface area contributed by atoms with Crippen molar-refractivity contribution in [3.05, 3.63) is 12.7 Å². The first-order chi connectivity index (χ1) is 6.57. The van der Waals surface area contributed by atoms with Crippen molar-refractivity contribution in [2.24, 2.45) is 11.7 Å². The molecule has 0 aliphatic heterocycles. The third kappa shape index (κ3) is 7.10. The molecule has 2 N–H and O–H groups in total. The molecule has 84 valence electrons. The second-order valence-corrected chi connectivity index (χ2v) is 4.27. The van der Waals surface area contributed by atoms with E-state index in [1.54, 1.807) is 0 Å². The predicted molar refractivity (Wildman–Crippen MR) is 62.3 cm³/mol. The van der Waals surface area contributed by atoms with Crippen molar-refractivity contribution in [1.82, 2.24) is 0 Å². The van der Waals surface area contributed by atoms with E-state index in [1.807, 2.05) is 6.08 Å². The number of ether oxygens (including phenoxy) is 1. The quantitative estimate of drug-likeness (QED) is 0.482. The Hall–Kier alpha value is -0.340. The van der Waals surface area contributed by atoms with Gasteiger partial charge in [-0.1, -0.05) is 19.9 Å². The normalized spacial score (nSPS) is 15.5. The van der Waals surface area contributed by atoms with Crippen LogP contribution in [0.15, 0.2) is 12.7 Å². The molecule has 0 aromatic carbocycles. The zero-order valence-electron chi connectivity index (χ0n) is 9.83. The first-order valence-corrected chi connectivity index (χ1v) is 5.56. The molecule has 0 radical (unpaired) electrons. The summed E-state index contributed by atoms with van der Waals surface area (Å²) in [4.78, 5) is 0. The molecule has 14 heavy (non-hydrogen) atoms. The first kappa shape index (κ1) is 13.7. The van der Waals surface area contributed by atoms with E-state index in [0.29, 0.717) is 18.6 Å². The van der Waals surface area contributed by atoms with E-state index in [2.05, 4.69) is 27.4 Å². The Kier molecular flexibility index (Phi) is 7.81. The Morgan fingerprint density at radius 1 is 1.36 bits per heavy atom. The van der Waals surface area contributed by atoms with Crippen molar-refractivity contribution in [2.75, 3.05) is 6.61 Å². The van der Waals surface area contributed by atoms with Crippen LogP contribution in [0.3, 0.4) is 0 Å². The highest BCUT2D eigenvalue weighted by atomic mass is 16.5. The minimum Gasteiger partial charge on any atom is -0.377 e. The minimum atomic E-state index is 0.164. The lowest BCUT2D eigenvalue weighted by molar-refractivity contribution is 0.0429. The molecule has 0 fully saturated rings. The summed E-state index contributed by atoms with van der Waals surface area (Å²) >= 11 is 0. The molecule has 0 spiro atoms. The molecule has 0 heterocycles. The van der Waals surface area contributed by atoms with Gasteiger partial charge in [-0.3, -0.25) is 0 Å². The maximum Gasteiger partial charge on any atom is 0.0623 e. The van der Waals surface area contributed by atoms with Crippen LogP contribution >= 0.6 is 0 Å². The summed E-state index contributed by atoms with van der Waals surface area (Å²) in [6.45, 7) is 10.7. The Balaban J connectivity index is 3.43. The lowest BCUT2D eigenvalue weighted by Gasteiger charge is -2.19. The number of allylic oxidation sites excluding steroid dienone is 1. The topological polar surface area (TPSA) is 35.2 Å². The summed E-state index contributed by atoms with van der Waals surface area (Å²) in [7, 11) is 0. The Morgan fingerprint density at radius 3 is 2.50 bits per heavy atom. The Morgan fingerprint density at radius 2 is 2.00 bits per heavy atom. The summed E-state index contributed by atoms with van der Waals surface area (Å²) in [6, 6.07) is 0.164. The van der Waals surface area contributed by atoms with Gasteiger partial charge in [0, 0.05) is 6.04 Å². The summed E-state index contributed by atoms with van der Waals surface area (Å²) < 4.78 is 5.65. The molecule has 0 saturated carbocycles. The molecule has 2 atom stereocenters. The molecule has 0 aromatic heterocycles. The van der Waals surface area contributed by atoms with E-state index in [0.717, 1.165) is 19.3 Å². The van der Waals surface area contributed by atoms with Crippen LogP contribution in [0.4, 0.5) is 0 Å². The van der Waals surface area contributed by atoms with E-state index < -0.39 is 0 Å². The average molecular weight is 199 g/mol. The van der Waals surface area contributed by atoms with Crippen LogP contribution in [-0.4, -0.2) is 18.8 Å². The van der Waals surface area contributed by atoms with Gasteiger partial charge >= 0.3 is 0 Å². The maximum absolute atomic E-state index is 5.88. The number of nitrogens with two attached hydrogens (primary N) is 1. The molecular weight excluding hydrogens is 174 g/mol. The predicted octanol–water partition coefficient (Wildman–Crippen LogP) is 2.73. The highest BCUT2D eigenvalue weighted by molar-refractivity contribution is 4.68. The molecule has 0 bridgehead atoms. The molecule has 0 aliphatic rings. The number of rotatable bonds is 8. The Bertz CT molecular complexity index is 145. The third-order valence-electron chi connectivity index (χ3n) is 2.45. The Labute approximate surface area is 88.5 Å². The van der Waals surface area contributed by atoms with Gasteiger partial charge in [0.15, 0.2) is 0 Å². The standard InChI is InChI=1S/C12H25NO/c1-5-6-7-8-11(4)14-9-12(13)10(2)3/h5,10-12H,1,6-9,13H2,2-4H3/t11-,12?/m1/s1. The van der Waals surface area contributed by atoms with Crippen LogP contribution in [0.1, 0.15) is 40.0 Å². The smallest absolute Gasteiger partial charge is 0.0623 e. The number of hydrogen-bond donors (Lipinski definition) is 1. The fraction of sp³-hybridized carbons (Fsp3) is 0.833. The van der Waals surface area contributed by atoms with Gasteiger partial charge in [-0.05, 0) is 32.1 Å². The van der Waals surface area contributed by atoms with Crippen molar-refractivity contribution >= 4 is 0 Å². The van der Waals surface area contributed by atoms with Crippen molar-refractivity contribution in [3.8, 4) is 0 Å². The van der Waals surface area contributed by atoms with Crippen molar-refractivity contribution in [2.45, 2.75) is 52.2 Å². The molecule has 0 rings (SSSR count). The van der Waals surface area contributed by atoms with Crippen molar-refractivity contribution < 1.29 is 4.74 Å². The highest BCUT2D eigenvalue weighted by Crippen LogP contribution is 2.06. The lowest BCUT2D eigenvalue weighted by Crippen LogP contribution is -2.33. The van der Waals surface area contributed by atoms with Crippen molar-refractivity contribution in [1.29, 1.82) is 0 Å². The molecular formula is C12H25NO. The molecule has 2 heteroatoms. The van der Waals surface area contributed by atoms with E-state index in [9.17, 15) is 0 Å². The molecule has 0 amide bonds. The largest absolute Gasteiger partial charge is 0.377 e. The molecule has 0 aliphatic carbocycles. The number of hydrogen-bond acceptors (Lipinski definition) is 2. The average Bonchev–Trinajstić information content (AvgIpc) is 2.14. The van der Waals surface area contributed by atoms with Gasteiger partial charge in [-0.25, -0.2) is 0 Å². The summed E-state index contributed by atoms with van der Waals surface area (Å²) in [5.41, 5.74) is 5.88. The summed E-state index contributed by atoms with van der Waals surface area (Å²) in [6.07, 6.45) is 5.59. The van der Waals surface area contributed by atoms with Crippen LogP contribution in [0.5, 0.6) is 0 Å². The van der Waals surface area contributed by atoms with E-state index in [4.69, 9.17) is 10.5 Å². The maximum atomic E-state index is 5.88. The summed E-state index contributed by atoms with van der Waals surface area (Å²) in [5.74, 6) is 0.496. The molecule has 2 nitrogen and oxygen atoms in total. The number of unbranched alkanes of at least 4 members (excludes halogenated alkanes) is 1. The van der Waals surface area contributed by atoms with Crippen LogP contribution < -0.4 is 5.73 Å². The molecule has 0 aromatic rings. The van der Waals surface area contributed by atoms with Gasteiger partial charge in [0.2, 0.25) is 0 Å². The van der Waals surface area contributed by atoms with Crippen molar-refractivity contribution in [3.63, 3.8) is 0 Å². The van der Waals surface area contributed by atoms with Gasteiger partial charge in [0.25, 0.3) is 0 Å². The monoisotopic (exact) mass is 199 g/mol. The van der Waals surface area contributed by atoms with Gasteiger partial charge in [-0.2, -0.15) is 0 Å². The first-order valence-electron chi connectivity index (χ1n) is 5.56. The fourth-order valence-electron chi connectivity index (χ4n) is 1.10. The van der Waals surface area contributed by atoms with E-state index >= 15 is 0 Å². The van der Waals surface area contributed by atoms with Gasteiger partial charge in [-0.15, -0.1) is 6.58 Å². The summed E-state index contributed by atoms with van der Waals surface area (Å²) in [5, 5.41) is 0. The minimum absolute atomic E-state index is 0.164. The highest BCUT2D eigenvalue weighted by Gasteiger charge is 2.09. The van der Waals surface area contributed by atoms with Gasteiger partial charge in [0.1, 0.15) is 0 Å². The second-order valence-electron chi connectivity index (χ2n) is 4.27. The van der Waals surface area contributed by atoms with Crippen LogP contribution in [-0.2, 0) is 4.74 Å². The zero-order valence-corrected chi connectivity index (χ0v) is 9.83. The van der Waals surface area contributed by atoms with E-state index in [1.165, 1.54) is 0 Å². The SMILES string of the molecule is C=CCCC[C@@H](C)OCC(N)C(C)C. The molecule has 0 saturated heterocycles. The van der Waals surface area contributed by atoms with Gasteiger partial charge in [0.05, 0.1) is 12.7 Å². The van der Waals surface area contributed by atoms with E-state index in [-0.39, 0.29) is 6.04 Å². The van der Waals surface area contributed by atoms with Gasteiger partial charge < -0.3 is 10.5 Å². The molecule has 1 unspecified atom stereocenters.